The summed E-state index contributed by atoms with van der Waals surface area (Å²) in [6.07, 6.45) is 2.10. The van der Waals surface area contributed by atoms with E-state index >= 15 is 0 Å². The molecule has 1 saturated heterocycles. The maximum Gasteiger partial charge on any atom is 0.259 e. The molecule has 20 heavy (non-hydrogen) atoms. The van der Waals surface area contributed by atoms with Crippen molar-refractivity contribution >= 4 is 17.5 Å². The van der Waals surface area contributed by atoms with E-state index in [2.05, 4.69) is 6.58 Å². The molecule has 0 radical (unpaired) electrons. The van der Waals surface area contributed by atoms with Crippen LogP contribution in [-0.2, 0) is 4.79 Å². The fraction of sp³-hybridized carbons (Fsp3) is 0.375. The first kappa shape index (κ1) is 12.9. The largest absolute Gasteiger partial charge is 0.341 e. The zero-order chi connectivity index (χ0) is 14.3. The van der Waals surface area contributed by atoms with Crippen LogP contribution in [0.3, 0.4) is 0 Å². The van der Waals surface area contributed by atoms with Crippen molar-refractivity contribution in [3.05, 3.63) is 42.0 Å². The van der Waals surface area contributed by atoms with Crippen LogP contribution in [0.15, 0.2) is 30.8 Å². The molecule has 2 aliphatic rings. The van der Waals surface area contributed by atoms with Crippen LogP contribution in [-0.4, -0.2) is 40.7 Å². The van der Waals surface area contributed by atoms with Crippen molar-refractivity contribution in [2.45, 2.75) is 25.8 Å². The summed E-state index contributed by atoms with van der Waals surface area (Å²) in [5, 5.41) is 0. The predicted molar refractivity (Wildman–Crippen MR) is 76.9 cm³/mol. The third-order valence-electron chi connectivity index (χ3n) is 4.14. The molecule has 1 unspecified atom stereocenters. The number of hydrogen-bond acceptors (Lipinski definition) is 2. The molecule has 0 aromatic heterocycles. The lowest BCUT2D eigenvalue weighted by atomic mass is 10.1. The molecule has 0 aliphatic carbocycles. The SMILES string of the molecule is C=C1c2ccccc2C(=O)N1C(C)C(=O)N1CCCC1. The number of benzene rings is 1. The summed E-state index contributed by atoms with van der Waals surface area (Å²) in [5.41, 5.74) is 2.10. The van der Waals surface area contributed by atoms with Gasteiger partial charge in [-0.1, -0.05) is 24.8 Å². The van der Waals surface area contributed by atoms with E-state index in [0.717, 1.165) is 31.5 Å². The topological polar surface area (TPSA) is 40.6 Å². The summed E-state index contributed by atoms with van der Waals surface area (Å²) in [6.45, 7) is 7.37. The molecule has 0 bridgehead atoms. The second kappa shape index (κ2) is 4.78. The zero-order valence-corrected chi connectivity index (χ0v) is 11.6. The lowest BCUT2D eigenvalue weighted by Crippen LogP contribution is -2.45. The summed E-state index contributed by atoms with van der Waals surface area (Å²) >= 11 is 0. The molecule has 2 heterocycles. The van der Waals surface area contributed by atoms with Gasteiger partial charge in [0.2, 0.25) is 5.91 Å². The number of carbonyl (C=O) groups excluding carboxylic acids is 2. The van der Waals surface area contributed by atoms with Gasteiger partial charge in [-0.05, 0) is 25.8 Å². The van der Waals surface area contributed by atoms with Crippen molar-refractivity contribution in [1.29, 1.82) is 0 Å². The minimum Gasteiger partial charge on any atom is -0.341 e. The van der Waals surface area contributed by atoms with Gasteiger partial charge in [-0.3, -0.25) is 14.5 Å². The first-order valence-electron chi connectivity index (χ1n) is 7.02. The summed E-state index contributed by atoms with van der Waals surface area (Å²) in [5.74, 6) is -0.101. The van der Waals surface area contributed by atoms with Crippen LogP contribution < -0.4 is 0 Å². The number of amides is 2. The first-order valence-corrected chi connectivity index (χ1v) is 7.02. The van der Waals surface area contributed by atoms with Gasteiger partial charge in [-0.25, -0.2) is 0 Å². The predicted octanol–water partition coefficient (Wildman–Crippen LogP) is 2.12. The minimum absolute atomic E-state index is 0.0183. The highest BCUT2D eigenvalue weighted by molar-refractivity contribution is 6.10. The molecule has 1 aromatic carbocycles. The number of likely N-dealkylation sites (tertiary alicyclic amines) is 1. The average Bonchev–Trinajstić information content (AvgIpc) is 3.07. The second-order valence-electron chi connectivity index (χ2n) is 5.38. The lowest BCUT2D eigenvalue weighted by molar-refractivity contribution is -0.133. The third kappa shape index (κ3) is 1.83. The van der Waals surface area contributed by atoms with E-state index in [1.165, 1.54) is 4.90 Å². The smallest absolute Gasteiger partial charge is 0.259 e. The molecule has 3 rings (SSSR count). The van der Waals surface area contributed by atoms with Crippen molar-refractivity contribution in [3.63, 3.8) is 0 Å². The molecule has 2 aliphatic heterocycles. The van der Waals surface area contributed by atoms with E-state index in [0.29, 0.717) is 11.3 Å². The number of fused-ring (bicyclic) bond motifs is 1. The fourth-order valence-electron chi connectivity index (χ4n) is 3.03. The number of hydrogen-bond donors (Lipinski definition) is 0. The van der Waals surface area contributed by atoms with Crippen molar-refractivity contribution in [1.82, 2.24) is 9.80 Å². The van der Waals surface area contributed by atoms with Gasteiger partial charge in [0.25, 0.3) is 5.91 Å². The summed E-state index contributed by atoms with van der Waals surface area (Å²) in [6, 6.07) is 6.90. The quantitative estimate of drug-likeness (QED) is 0.826. The molecule has 1 fully saturated rings. The van der Waals surface area contributed by atoms with Gasteiger partial charge in [-0.2, -0.15) is 0 Å². The molecular formula is C16H18N2O2. The third-order valence-corrected chi connectivity index (χ3v) is 4.14. The van der Waals surface area contributed by atoms with Crippen LogP contribution in [0.2, 0.25) is 0 Å². The highest BCUT2D eigenvalue weighted by atomic mass is 16.2. The molecule has 1 aromatic rings. The fourth-order valence-corrected chi connectivity index (χ4v) is 3.03. The van der Waals surface area contributed by atoms with Gasteiger partial charge in [0.05, 0.1) is 0 Å². The lowest BCUT2D eigenvalue weighted by Gasteiger charge is -2.28. The van der Waals surface area contributed by atoms with Gasteiger partial charge in [-0.15, -0.1) is 0 Å². The van der Waals surface area contributed by atoms with E-state index in [9.17, 15) is 9.59 Å². The molecular weight excluding hydrogens is 252 g/mol. The Morgan fingerprint density at radius 3 is 2.40 bits per heavy atom. The van der Waals surface area contributed by atoms with Gasteiger partial charge in [0.15, 0.2) is 0 Å². The first-order chi connectivity index (χ1) is 9.61. The Hall–Kier alpha value is -2.10. The van der Waals surface area contributed by atoms with Gasteiger partial charge >= 0.3 is 0 Å². The Morgan fingerprint density at radius 2 is 1.80 bits per heavy atom. The number of nitrogens with zero attached hydrogens (tertiary/aromatic N) is 2. The molecule has 4 nitrogen and oxygen atoms in total. The van der Waals surface area contributed by atoms with Crippen LogP contribution in [0.5, 0.6) is 0 Å². The van der Waals surface area contributed by atoms with Crippen LogP contribution >= 0.6 is 0 Å². The second-order valence-corrected chi connectivity index (χ2v) is 5.38. The minimum atomic E-state index is -0.486. The molecule has 104 valence electrons. The van der Waals surface area contributed by atoms with Crippen molar-refractivity contribution < 1.29 is 9.59 Å². The normalized spacial score (nSPS) is 19.4. The molecule has 0 spiro atoms. The highest BCUT2D eigenvalue weighted by Crippen LogP contribution is 2.33. The summed E-state index contributed by atoms with van der Waals surface area (Å²) < 4.78 is 0. The van der Waals surface area contributed by atoms with E-state index in [4.69, 9.17) is 0 Å². The van der Waals surface area contributed by atoms with Crippen LogP contribution in [0.1, 0.15) is 35.7 Å². The van der Waals surface area contributed by atoms with Gasteiger partial charge in [0, 0.05) is 29.9 Å². The highest BCUT2D eigenvalue weighted by Gasteiger charge is 2.38. The van der Waals surface area contributed by atoms with E-state index in [1.807, 2.05) is 23.1 Å². The Balaban J connectivity index is 1.86. The maximum absolute atomic E-state index is 12.5. The monoisotopic (exact) mass is 270 g/mol. The maximum atomic E-state index is 12.5. The summed E-state index contributed by atoms with van der Waals surface area (Å²) in [7, 11) is 0. The Bertz CT molecular complexity index is 553. The molecule has 2 amide bonds. The van der Waals surface area contributed by atoms with E-state index in [-0.39, 0.29) is 11.8 Å². The number of rotatable bonds is 2. The van der Waals surface area contributed by atoms with E-state index < -0.39 is 6.04 Å². The molecule has 1 atom stereocenters. The van der Waals surface area contributed by atoms with Crippen molar-refractivity contribution in [3.8, 4) is 0 Å². The van der Waals surface area contributed by atoms with E-state index in [1.54, 1.807) is 13.0 Å². The van der Waals surface area contributed by atoms with Gasteiger partial charge < -0.3 is 4.90 Å². The van der Waals surface area contributed by atoms with Crippen LogP contribution in [0.25, 0.3) is 5.70 Å². The van der Waals surface area contributed by atoms with Crippen LogP contribution in [0.4, 0.5) is 0 Å². The zero-order valence-electron chi connectivity index (χ0n) is 11.6. The molecule has 0 N–H and O–H groups in total. The Morgan fingerprint density at radius 1 is 1.20 bits per heavy atom. The van der Waals surface area contributed by atoms with Crippen LogP contribution in [0, 0.1) is 0 Å². The van der Waals surface area contributed by atoms with Gasteiger partial charge in [0.1, 0.15) is 6.04 Å². The Labute approximate surface area is 118 Å². The average molecular weight is 270 g/mol. The van der Waals surface area contributed by atoms with Crippen molar-refractivity contribution in [2.75, 3.05) is 13.1 Å². The molecule has 4 heteroatoms. The summed E-state index contributed by atoms with van der Waals surface area (Å²) in [4.78, 5) is 28.3. The Kier molecular flexibility index (Phi) is 3.08. The van der Waals surface area contributed by atoms with Crippen molar-refractivity contribution in [2.24, 2.45) is 0 Å². The number of carbonyl (C=O) groups is 2. The standard InChI is InChI=1S/C16H18N2O2/c1-11-13-7-3-4-8-14(13)16(20)18(11)12(2)15(19)17-9-5-6-10-17/h3-4,7-8,12H,1,5-6,9-10H2,2H3. The molecule has 0 saturated carbocycles.